The zero-order chi connectivity index (χ0) is 29.0. The molecule has 0 aromatic heterocycles. The number of carbonyl (C=O) groups is 3. The fraction of sp³-hybridized carbons (Fsp3) is 0.767. The van der Waals surface area contributed by atoms with Crippen LogP contribution in [0.5, 0.6) is 0 Å². The number of carbonyl (C=O) groups excluding carboxylic acids is 3. The van der Waals surface area contributed by atoms with Crippen LogP contribution in [0.1, 0.15) is 81.1 Å². The van der Waals surface area contributed by atoms with Crippen LogP contribution in [0, 0.1) is 39.4 Å². The normalized spacial score (nSPS) is 42.7. The minimum absolute atomic E-state index is 0.00244. The van der Waals surface area contributed by atoms with Gasteiger partial charge in [0.25, 0.3) is 0 Å². The molecule has 4 aliphatic carbocycles. The fourth-order valence-corrected chi connectivity index (χ4v) is 8.78. The lowest BCUT2D eigenvalue weighted by molar-refractivity contribution is -0.182. The summed E-state index contributed by atoms with van der Waals surface area (Å²) in [5.41, 5.74) is -6.32. The van der Waals surface area contributed by atoms with Gasteiger partial charge in [0.1, 0.15) is 11.4 Å². The van der Waals surface area contributed by atoms with Crippen molar-refractivity contribution in [2.24, 2.45) is 39.4 Å². The van der Waals surface area contributed by atoms with Crippen molar-refractivity contribution in [1.82, 2.24) is 0 Å². The highest BCUT2D eigenvalue weighted by molar-refractivity contribution is 6.02. The van der Waals surface area contributed by atoms with Crippen molar-refractivity contribution < 1.29 is 39.9 Å². The molecule has 38 heavy (non-hydrogen) atoms. The van der Waals surface area contributed by atoms with E-state index in [-0.39, 0.29) is 36.1 Å². The van der Waals surface area contributed by atoms with Gasteiger partial charge in [-0.15, -0.1) is 0 Å². The standard InChI is InChI=1S/C30H44O8/c1-25(2)15-9-10-19-27(5)13-18(32)23(30(8,38)21(34)12-20(33)26(3,4)37)28(27,6)14-22(35)29(19,7)16(15)11-17(31)24(25)36/h9,11,16,18-20,23,31-33,37-38H,10,12-14H2,1-8H3/t16-,18-,19+,20-,23+,27+,28-,29+,30+/m1/s1. The maximum Gasteiger partial charge on any atom is 0.206 e. The van der Waals surface area contributed by atoms with Crippen LogP contribution in [0.4, 0.5) is 0 Å². The predicted octanol–water partition coefficient (Wildman–Crippen LogP) is 2.81. The van der Waals surface area contributed by atoms with Crippen LogP contribution in [-0.2, 0) is 14.4 Å². The Morgan fingerprint density at radius 3 is 2.21 bits per heavy atom. The van der Waals surface area contributed by atoms with Crippen LogP contribution in [0.2, 0.25) is 0 Å². The molecule has 0 amide bonds. The Kier molecular flexibility index (Phi) is 6.38. The number of aliphatic hydroxyl groups is 5. The van der Waals surface area contributed by atoms with Gasteiger partial charge in [0.15, 0.2) is 11.5 Å². The zero-order valence-electron chi connectivity index (χ0n) is 23.8. The molecule has 2 fully saturated rings. The molecule has 0 radical (unpaired) electrons. The molecule has 8 heteroatoms. The molecule has 0 unspecified atom stereocenters. The van der Waals surface area contributed by atoms with E-state index in [0.717, 1.165) is 5.57 Å². The van der Waals surface area contributed by atoms with Gasteiger partial charge in [0.05, 0.1) is 23.2 Å². The molecule has 0 spiro atoms. The second-order valence-electron chi connectivity index (χ2n) is 14.3. The summed E-state index contributed by atoms with van der Waals surface area (Å²) in [6.45, 7) is 13.4. The van der Waals surface area contributed by atoms with Crippen molar-refractivity contribution in [3.63, 3.8) is 0 Å². The molecule has 0 aromatic rings. The van der Waals surface area contributed by atoms with E-state index in [1.807, 2.05) is 26.8 Å². The molecule has 5 N–H and O–H groups in total. The Morgan fingerprint density at radius 1 is 1.08 bits per heavy atom. The van der Waals surface area contributed by atoms with Crippen LogP contribution >= 0.6 is 0 Å². The van der Waals surface area contributed by atoms with E-state index in [0.29, 0.717) is 6.42 Å². The topological polar surface area (TPSA) is 152 Å². The highest BCUT2D eigenvalue weighted by Gasteiger charge is 2.74. The third kappa shape index (κ3) is 3.59. The Balaban J connectivity index is 1.79. The first-order chi connectivity index (χ1) is 17.1. The van der Waals surface area contributed by atoms with Gasteiger partial charge in [-0.2, -0.15) is 0 Å². The second kappa shape index (κ2) is 8.32. The van der Waals surface area contributed by atoms with Crippen LogP contribution in [-0.4, -0.2) is 66.3 Å². The third-order valence-corrected chi connectivity index (χ3v) is 11.4. The van der Waals surface area contributed by atoms with Gasteiger partial charge in [-0.1, -0.05) is 32.4 Å². The molecule has 0 heterocycles. The summed E-state index contributed by atoms with van der Waals surface area (Å²) in [5, 5.41) is 54.1. The van der Waals surface area contributed by atoms with Gasteiger partial charge in [-0.3, -0.25) is 14.4 Å². The summed E-state index contributed by atoms with van der Waals surface area (Å²) in [6.07, 6.45) is 1.27. The fourth-order valence-electron chi connectivity index (χ4n) is 8.78. The van der Waals surface area contributed by atoms with E-state index in [2.05, 4.69) is 0 Å². The molecular formula is C30H44O8. The number of ketones is 3. The number of rotatable bonds is 5. The van der Waals surface area contributed by atoms with E-state index in [1.54, 1.807) is 13.8 Å². The van der Waals surface area contributed by atoms with Crippen molar-refractivity contribution in [1.29, 1.82) is 0 Å². The van der Waals surface area contributed by atoms with Gasteiger partial charge in [-0.05, 0) is 70.3 Å². The highest BCUT2D eigenvalue weighted by atomic mass is 16.3. The number of allylic oxidation sites excluding steroid dienone is 4. The minimum Gasteiger partial charge on any atom is -0.505 e. The number of fused-ring (bicyclic) bond motifs is 5. The van der Waals surface area contributed by atoms with Crippen molar-refractivity contribution in [2.75, 3.05) is 0 Å². The highest BCUT2D eigenvalue weighted by Crippen LogP contribution is 2.73. The smallest absolute Gasteiger partial charge is 0.206 e. The SMILES string of the molecule is CC1(C)C(=O)C(O)=C[C@@H]2C1=CC[C@@H]1[C@@]2(C)C(=O)C[C@]2(C)[C@@H]([C@@](C)(O)C(=O)C[C@@H](O)C(C)(C)O)[C@H](O)C[C@@]12C. The van der Waals surface area contributed by atoms with E-state index >= 15 is 0 Å². The van der Waals surface area contributed by atoms with E-state index in [1.165, 1.54) is 26.8 Å². The summed E-state index contributed by atoms with van der Waals surface area (Å²) in [4.78, 5) is 40.3. The number of hydrogen-bond donors (Lipinski definition) is 5. The molecule has 0 aromatic carbocycles. The van der Waals surface area contributed by atoms with E-state index in [4.69, 9.17) is 0 Å². The first-order valence-electron chi connectivity index (χ1n) is 13.6. The number of Topliss-reactive ketones (excluding diaryl/α,β-unsaturated/α-hetero) is 3. The molecule has 4 aliphatic rings. The summed E-state index contributed by atoms with van der Waals surface area (Å²) in [6, 6.07) is 0. The van der Waals surface area contributed by atoms with Gasteiger partial charge in [0, 0.05) is 30.1 Å². The monoisotopic (exact) mass is 532 g/mol. The van der Waals surface area contributed by atoms with Crippen molar-refractivity contribution in [2.45, 2.75) is 104 Å². The molecule has 2 saturated carbocycles. The Morgan fingerprint density at radius 2 is 1.66 bits per heavy atom. The molecule has 0 aliphatic heterocycles. The average molecular weight is 533 g/mol. The number of hydrogen-bond acceptors (Lipinski definition) is 8. The van der Waals surface area contributed by atoms with Crippen LogP contribution in [0.25, 0.3) is 0 Å². The van der Waals surface area contributed by atoms with Crippen LogP contribution < -0.4 is 0 Å². The first-order valence-corrected chi connectivity index (χ1v) is 13.6. The Hall–Kier alpha value is -1.87. The van der Waals surface area contributed by atoms with Crippen molar-refractivity contribution in [3.8, 4) is 0 Å². The quantitative estimate of drug-likeness (QED) is 0.339. The summed E-state index contributed by atoms with van der Waals surface area (Å²) in [7, 11) is 0. The molecule has 0 saturated heterocycles. The van der Waals surface area contributed by atoms with E-state index < -0.39 is 69.1 Å². The second-order valence-corrected chi connectivity index (χ2v) is 14.3. The summed E-state index contributed by atoms with van der Waals surface area (Å²) in [5.74, 6) is -3.25. The van der Waals surface area contributed by atoms with Gasteiger partial charge in [-0.25, -0.2) is 0 Å². The Labute approximate surface area is 224 Å². The predicted molar refractivity (Wildman–Crippen MR) is 140 cm³/mol. The molecular weight excluding hydrogens is 488 g/mol. The largest absolute Gasteiger partial charge is 0.505 e. The zero-order valence-corrected chi connectivity index (χ0v) is 23.8. The maximum absolute atomic E-state index is 14.2. The minimum atomic E-state index is -2.06. The summed E-state index contributed by atoms with van der Waals surface area (Å²) < 4.78 is 0. The van der Waals surface area contributed by atoms with Crippen molar-refractivity contribution >= 4 is 17.3 Å². The van der Waals surface area contributed by atoms with Crippen LogP contribution in [0.15, 0.2) is 23.5 Å². The summed E-state index contributed by atoms with van der Waals surface area (Å²) >= 11 is 0. The lowest BCUT2D eigenvalue weighted by atomic mass is 9.39. The number of aliphatic hydroxyl groups excluding tert-OH is 3. The lowest BCUT2D eigenvalue weighted by Crippen LogP contribution is -2.64. The first kappa shape index (κ1) is 29.1. The molecule has 4 rings (SSSR count). The molecule has 0 bridgehead atoms. The van der Waals surface area contributed by atoms with E-state index in [9.17, 15) is 39.9 Å². The van der Waals surface area contributed by atoms with Gasteiger partial charge in [0.2, 0.25) is 5.78 Å². The molecule has 9 atom stereocenters. The van der Waals surface area contributed by atoms with Crippen molar-refractivity contribution in [3.05, 3.63) is 23.5 Å². The third-order valence-electron chi connectivity index (χ3n) is 11.4. The van der Waals surface area contributed by atoms with Gasteiger partial charge >= 0.3 is 0 Å². The van der Waals surface area contributed by atoms with Crippen LogP contribution in [0.3, 0.4) is 0 Å². The Bertz CT molecular complexity index is 1140. The lowest BCUT2D eigenvalue weighted by Gasteiger charge is -2.63. The molecule has 8 nitrogen and oxygen atoms in total. The molecule has 212 valence electrons. The van der Waals surface area contributed by atoms with Gasteiger partial charge < -0.3 is 25.5 Å². The maximum atomic E-state index is 14.2. The average Bonchev–Trinajstić information content (AvgIpc) is 2.97.